The molecular weight excluding hydrogens is 258 g/mol. The van der Waals surface area contributed by atoms with E-state index >= 15 is 0 Å². The fourth-order valence-electron chi connectivity index (χ4n) is 0.980. The van der Waals surface area contributed by atoms with E-state index < -0.39 is 5.82 Å². The van der Waals surface area contributed by atoms with E-state index in [0.717, 1.165) is 0 Å². The molecule has 15 heavy (non-hydrogen) atoms. The van der Waals surface area contributed by atoms with E-state index in [1.165, 1.54) is 12.1 Å². The lowest BCUT2D eigenvalue weighted by Gasteiger charge is -2.11. The SMILES string of the molecule is CCNC(=S)Nc1c(Cl)cc(F)cc1Cl. The van der Waals surface area contributed by atoms with Crippen LogP contribution in [-0.2, 0) is 0 Å². The zero-order valence-corrected chi connectivity index (χ0v) is 10.2. The minimum absolute atomic E-state index is 0.195. The molecule has 0 radical (unpaired) electrons. The van der Waals surface area contributed by atoms with Gasteiger partial charge >= 0.3 is 0 Å². The molecular formula is C9H9Cl2FN2S. The monoisotopic (exact) mass is 266 g/mol. The van der Waals surface area contributed by atoms with Gasteiger partial charge in [-0.3, -0.25) is 0 Å². The highest BCUT2D eigenvalue weighted by atomic mass is 35.5. The fourth-order valence-corrected chi connectivity index (χ4v) is 1.78. The molecule has 0 aliphatic rings. The van der Waals surface area contributed by atoms with Crippen molar-refractivity contribution < 1.29 is 4.39 Å². The first-order valence-corrected chi connectivity index (χ1v) is 5.40. The highest BCUT2D eigenvalue weighted by Gasteiger charge is 2.09. The number of hydrogen-bond donors (Lipinski definition) is 2. The van der Waals surface area contributed by atoms with Gasteiger partial charge in [0.15, 0.2) is 5.11 Å². The Morgan fingerprint density at radius 2 is 1.93 bits per heavy atom. The number of halogens is 3. The van der Waals surface area contributed by atoms with Crippen molar-refractivity contribution in [2.24, 2.45) is 0 Å². The molecule has 0 spiro atoms. The van der Waals surface area contributed by atoms with Gasteiger partial charge in [-0.15, -0.1) is 0 Å². The lowest BCUT2D eigenvalue weighted by atomic mass is 10.3. The van der Waals surface area contributed by atoms with Gasteiger partial charge in [0.2, 0.25) is 0 Å². The Balaban J connectivity index is 2.90. The average Bonchev–Trinajstić information content (AvgIpc) is 2.11. The summed E-state index contributed by atoms with van der Waals surface area (Å²) in [4.78, 5) is 0. The molecule has 82 valence electrons. The molecule has 2 N–H and O–H groups in total. The predicted molar refractivity (Wildman–Crippen MR) is 66.3 cm³/mol. The van der Waals surface area contributed by atoms with E-state index in [2.05, 4.69) is 10.6 Å². The van der Waals surface area contributed by atoms with Crippen molar-refractivity contribution in [2.45, 2.75) is 6.92 Å². The molecule has 0 unspecified atom stereocenters. The first-order chi connectivity index (χ1) is 7.04. The highest BCUT2D eigenvalue weighted by Crippen LogP contribution is 2.31. The van der Waals surface area contributed by atoms with Crippen LogP contribution in [0, 0.1) is 5.82 Å². The van der Waals surface area contributed by atoms with E-state index in [4.69, 9.17) is 35.4 Å². The van der Waals surface area contributed by atoms with Gasteiger partial charge in [0.1, 0.15) is 5.82 Å². The first-order valence-electron chi connectivity index (χ1n) is 4.24. The number of thiocarbonyl (C=S) groups is 1. The van der Waals surface area contributed by atoms with Crippen LogP contribution >= 0.6 is 35.4 Å². The van der Waals surface area contributed by atoms with Gasteiger partial charge in [-0.1, -0.05) is 23.2 Å². The van der Waals surface area contributed by atoms with E-state index in [0.29, 0.717) is 17.3 Å². The molecule has 0 aromatic heterocycles. The van der Waals surface area contributed by atoms with Crippen molar-refractivity contribution in [3.8, 4) is 0 Å². The molecule has 1 rings (SSSR count). The maximum absolute atomic E-state index is 12.8. The van der Waals surface area contributed by atoms with Gasteiger partial charge in [0.05, 0.1) is 15.7 Å². The molecule has 0 saturated carbocycles. The van der Waals surface area contributed by atoms with E-state index in [1.54, 1.807) is 0 Å². The van der Waals surface area contributed by atoms with Crippen LogP contribution in [-0.4, -0.2) is 11.7 Å². The molecule has 0 bridgehead atoms. The Hall–Kier alpha value is -0.580. The summed E-state index contributed by atoms with van der Waals surface area (Å²) in [5, 5.41) is 6.45. The number of hydrogen-bond acceptors (Lipinski definition) is 1. The Morgan fingerprint density at radius 3 is 2.40 bits per heavy atom. The molecule has 0 atom stereocenters. The van der Waals surface area contributed by atoms with E-state index in [-0.39, 0.29) is 10.0 Å². The van der Waals surface area contributed by atoms with Crippen molar-refractivity contribution in [1.82, 2.24) is 5.32 Å². The fraction of sp³-hybridized carbons (Fsp3) is 0.222. The van der Waals surface area contributed by atoms with E-state index in [1.807, 2.05) is 6.92 Å². The third-order valence-corrected chi connectivity index (χ3v) is 2.43. The third-order valence-electron chi connectivity index (χ3n) is 1.58. The van der Waals surface area contributed by atoms with Crippen molar-refractivity contribution in [3.63, 3.8) is 0 Å². The Labute approximate surface area is 103 Å². The van der Waals surface area contributed by atoms with Crippen LogP contribution in [0.4, 0.5) is 10.1 Å². The Morgan fingerprint density at radius 1 is 1.40 bits per heavy atom. The van der Waals surface area contributed by atoms with Crippen molar-refractivity contribution >= 4 is 46.2 Å². The smallest absolute Gasteiger partial charge is 0.170 e. The maximum Gasteiger partial charge on any atom is 0.170 e. The predicted octanol–water partition coefficient (Wildman–Crippen LogP) is 3.44. The van der Waals surface area contributed by atoms with Gasteiger partial charge in [0, 0.05) is 6.54 Å². The van der Waals surface area contributed by atoms with Crippen LogP contribution in [0.5, 0.6) is 0 Å². The van der Waals surface area contributed by atoms with Gasteiger partial charge in [-0.2, -0.15) is 0 Å². The third kappa shape index (κ3) is 3.48. The molecule has 1 aromatic rings. The number of rotatable bonds is 2. The average molecular weight is 267 g/mol. The molecule has 1 aromatic carbocycles. The topological polar surface area (TPSA) is 24.1 Å². The summed E-state index contributed by atoms with van der Waals surface area (Å²) in [5.41, 5.74) is 0.408. The number of anilines is 1. The van der Waals surface area contributed by atoms with Crippen LogP contribution in [0.2, 0.25) is 10.0 Å². The highest BCUT2D eigenvalue weighted by molar-refractivity contribution is 7.80. The molecule has 0 saturated heterocycles. The van der Waals surface area contributed by atoms with Gasteiger partial charge in [0.25, 0.3) is 0 Å². The number of nitrogens with one attached hydrogen (secondary N) is 2. The summed E-state index contributed by atoms with van der Waals surface area (Å²) in [7, 11) is 0. The zero-order valence-electron chi connectivity index (χ0n) is 7.90. The molecule has 0 fully saturated rings. The minimum atomic E-state index is -0.482. The van der Waals surface area contributed by atoms with Crippen molar-refractivity contribution in [3.05, 3.63) is 28.0 Å². The molecule has 0 aliphatic carbocycles. The summed E-state index contributed by atoms with van der Waals surface area (Å²) in [6, 6.07) is 2.34. The molecule has 6 heteroatoms. The van der Waals surface area contributed by atoms with E-state index in [9.17, 15) is 4.39 Å². The lowest BCUT2D eigenvalue weighted by Crippen LogP contribution is -2.28. The summed E-state index contributed by atoms with van der Waals surface area (Å²) < 4.78 is 12.8. The normalized spacial score (nSPS) is 9.87. The molecule has 0 heterocycles. The van der Waals surface area contributed by atoms with Crippen molar-refractivity contribution in [2.75, 3.05) is 11.9 Å². The molecule has 0 aliphatic heterocycles. The number of benzene rings is 1. The second-order valence-corrected chi connectivity index (χ2v) is 3.95. The Bertz CT molecular complexity index is 361. The van der Waals surface area contributed by atoms with Crippen LogP contribution < -0.4 is 10.6 Å². The second kappa shape index (κ2) is 5.49. The van der Waals surface area contributed by atoms with Gasteiger partial charge in [-0.25, -0.2) is 4.39 Å². The molecule has 2 nitrogen and oxygen atoms in total. The summed E-state index contributed by atoms with van der Waals surface area (Å²) in [6.45, 7) is 2.59. The second-order valence-electron chi connectivity index (χ2n) is 2.73. The summed E-state index contributed by atoms with van der Waals surface area (Å²) >= 11 is 16.6. The minimum Gasteiger partial charge on any atom is -0.363 e. The standard InChI is InChI=1S/C9H9Cl2FN2S/c1-2-13-9(15)14-8-6(10)3-5(12)4-7(8)11/h3-4H,2H2,1H3,(H2,13,14,15). The van der Waals surface area contributed by atoms with Crippen molar-refractivity contribution in [1.29, 1.82) is 0 Å². The van der Waals surface area contributed by atoms with Crippen LogP contribution in [0.1, 0.15) is 6.92 Å². The maximum atomic E-state index is 12.8. The molecule has 0 amide bonds. The van der Waals surface area contributed by atoms with Gasteiger partial charge in [-0.05, 0) is 31.3 Å². The summed E-state index contributed by atoms with van der Waals surface area (Å²) in [6.07, 6.45) is 0. The quantitative estimate of drug-likeness (QED) is 0.803. The summed E-state index contributed by atoms with van der Waals surface area (Å²) in [5.74, 6) is -0.482. The van der Waals surface area contributed by atoms with Crippen LogP contribution in [0.3, 0.4) is 0 Å². The first kappa shape index (κ1) is 12.5. The van der Waals surface area contributed by atoms with Crippen LogP contribution in [0.25, 0.3) is 0 Å². The Kier molecular flexibility index (Phi) is 4.57. The largest absolute Gasteiger partial charge is 0.363 e. The lowest BCUT2D eigenvalue weighted by molar-refractivity contribution is 0.628. The van der Waals surface area contributed by atoms with Crippen LogP contribution in [0.15, 0.2) is 12.1 Å². The van der Waals surface area contributed by atoms with Gasteiger partial charge < -0.3 is 10.6 Å². The zero-order chi connectivity index (χ0) is 11.4.